The number of fused-ring (bicyclic) bond motifs is 3. The Labute approximate surface area is 172 Å². The van der Waals surface area contributed by atoms with Crippen LogP contribution in [0.1, 0.15) is 36.1 Å². The molecule has 29 heavy (non-hydrogen) atoms. The summed E-state index contributed by atoms with van der Waals surface area (Å²) in [4.78, 5) is 36.8. The molecule has 150 valence electrons. The highest BCUT2D eigenvalue weighted by molar-refractivity contribution is 7.18. The molecule has 0 unspecified atom stereocenters. The highest BCUT2D eigenvalue weighted by atomic mass is 32.1. The molecule has 3 aromatic rings. The molecule has 1 N–H and O–H groups in total. The number of aryl methyl sites for hydroxylation is 2. The molecule has 1 aromatic carbocycles. The van der Waals surface area contributed by atoms with Crippen molar-refractivity contribution in [1.82, 2.24) is 14.9 Å². The number of ether oxygens (including phenoxy) is 1. The van der Waals surface area contributed by atoms with Gasteiger partial charge in [0.05, 0.1) is 10.9 Å². The van der Waals surface area contributed by atoms with Crippen LogP contribution in [0.2, 0.25) is 0 Å². The van der Waals surface area contributed by atoms with Crippen LogP contribution in [0, 0.1) is 0 Å². The predicted molar refractivity (Wildman–Crippen MR) is 114 cm³/mol. The second kappa shape index (κ2) is 7.63. The lowest BCUT2D eigenvalue weighted by atomic mass is 9.97. The van der Waals surface area contributed by atoms with Crippen molar-refractivity contribution in [1.29, 1.82) is 0 Å². The van der Waals surface area contributed by atoms with E-state index >= 15 is 0 Å². The Morgan fingerprint density at radius 1 is 1.14 bits per heavy atom. The van der Waals surface area contributed by atoms with Crippen molar-refractivity contribution in [3.05, 3.63) is 45.1 Å². The molecule has 0 radical (unpaired) electrons. The van der Waals surface area contributed by atoms with Gasteiger partial charge in [-0.25, -0.2) is 4.98 Å². The second-order valence-corrected chi connectivity index (χ2v) is 8.76. The van der Waals surface area contributed by atoms with Gasteiger partial charge in [0.1, 0.15) is 16.4 Å². The molecule has 3 heterocycles. The number of hydrogen-bond donors (Lipinski definition) is 1. The molecular weight excluding hydrogens is 386 g/mol. The largest absolute Gasteiger partial charge is 0.483 e. The van der Waals surface area contributed by atoms with Crippen LogP contribution in [0.15, 0.2) is 29.1 Å². The number of carbonyl (C=O) groups is 1. The maximum atomic E-state index is 12.9. The van der Waals surface area contributed by atoms with E-state index in [0.29, 0.717) is 17.1 Å². The van der Waals surface area contributed by atoms with Crippen LogP contribution >= 0.6 is 11.3 Å². The summed E-state index contributed by atoms with van der Waals surface area (Å²) in [5.74, 6) is 1.05. The van der Waals surface area contributed by atoms with Gasteiger partial charge < -0.3 is 14.6 Å². The molecule has 1 amide bonds. The van der Waals surface area contributed by atoms with Crippen LogP contribution in [-0.4, -0.2) is 40.5 Å². The normalized spacial score (nSPS) is 16.2. The molecule has 1 aliphatic carbocycles. The standard InChI is InChI=1S/C22H23N3O3S/c26-18(25-11-5-6-12-25)13-28-16-9-3-1-7-14(16)20-23-21(27)19-15-8-2-4-10-17(15)29-22(19)24-20/h1,3,7,9H,2,4-6,8,10-13H2,(H,23,24,27). The summed E-state index contributed by atoms with van der Waals surface area (Å²) < 4.78 is 5.85. The average Bonchev–Trinajstić information content (AvgIpc) is 3.40. The number of aromatic nitrogens is 2. The van der Waals surface area contributed by atoms with Crippen LogP contribution in [-0.2, 0) is 17.6 Å². The van der Waals surface area contributed by atoms with Crippen molar-refractivity contribution in [3.8, 4) is 17.1 Å². The maximum Gasteiger partial charge on any atom is 0.260 e. The van der Waals surface area contributed by atoms with E-state index in [4.69, 9.17) is 9.72 Å². The minimum absolute atomic E-state index is 0.000129. The molecule has 0 spiro atoms. The zero-order valence-corrected chi connectivity index (χ0v) is 17.0. The first kappa shape index (κ1) is 18.4. The van der Waals surface area contributed by atoms with Gasteiger partial charge in [0.2, 0.25) is 0 Å². The molecule has 0 saturated carbocycles. The SMILES string of the molecule is O=C(COc1ccccc1-c1nc2sc3c(c2c(=O)[nH]1)CCCC3)N1CCCC1. The fraction of sp³-hybridized carbons (Fsp3) is 0.409. The molecule has 2 aromatic heterocycles. The van der Waals surface area contributed by atoms with Crippen LogP contribution in [0.5, 0.6) is 5.75 Å². The Morgan fingerprint density at radius 2 is 1.93 bits per heavy atom. The van der Waals surface area contributed by atoms with Gasteiger partial charge in [-0.15, -0.1) is 11.3 Å². The van der Waals surface area contributed by atoms with Gasteiger partial charge in [0, 0.05) is 18.0 Å². The summed E-state index contributed by atoms with van der Waals surface area (Å²) in [5, 5.41) is 0.746. The minimum Gasteiger partial charge on any atom is -0.483 e. The molecule has 5 rings (SSSR count). The highest BCUT2D eigenvalue weighted by Crippen LogP contribution is 2.35. The number of H-pyrrole nitrogens is 1. The summed E-state index contributed by atoms with van der Waals surface area (Å²) in [5.41, 5.74) is 1.79. The monoisotopic (exact) mass is 409 g/mol. The van der Waals surface area contributed by atoms with E-state index in [2.05, 4.69) is 4.98 Å². The van der Waals surface area contributed by atoms with E-state index in [9.17, 15) is 9.59 Å². The molecule has 0 bridgehead atoms. The number of rotatable bonds is 4. The number of aromatic amines is 1. The van der Waals surface area contributed by atoms with Crippen molar-refractivity contribution in [2.24, 2.45) is 0 Å². The summed E-state index contributed by atoms with van der Waals surface area (Å²) in [7, 11) is 0. The summed E-state index contributed by atoms with van der Waals surface area (Å²) in [6.07, 6.45) is 6.39. The van der Waals surface area contributed by atoms with Crippen LogP contribution in [0.25, 0.3) is 21.6 Å². The molecule has 0 atom stereocenters. The zero-order valence-electron chi connectivity index (χ0n) is 16.2. The third-order valence-electron chi connectivity index (χ3n) is 5.78. The van der Waals surface area contributed by atoms with E-state index < -0.39 is 0 Å². The van der Waals surface area contributed by atoms with E-state index in [1.807, 2.05) is 29.2 Å². The molecular formula is C22H23N3O3S. The Hall–Kier alpha value is -2.67. The quantitative estimate of drug-likeness (QED) is 0.715. The minimum atomic E-state index is -0.0904. The number of para-hydroxylation sites is 1. The second-order valence-electron chi connectivity index (χ2n) is 7.68. The van der Waals surface area contributed by atoms with Crippen molar-refractivity contribution < 1.29 is 9.53 Å². The topological polar surface area (TPSA) is 75.3 Å². The maximum absolute atomic E-state index is 12.9. The van der Waals surface area contributed by atoms with Gasteiger partial charge in [-0.1, -0.05) is 12.1 Å². The average molecular weight is 410 g/mol. The fourth-order valence-corrected chi connectivity index (χ4v) is 5.54. The lowest BCUT2D eigenvalue weighted by Gasteiger charge is -2.16. The molecule has 1 fully saturated rings. The third-order valence-corrected chi connectivity index (χ3v) is 6.96. The van der Waals surface area contributed by atoms with Gasteiger partial charge >= 0.3 is 0 Å². The Balaban J connectivity index is 1.47. The number of nitrogens with zero attached hydrogens (tertiary/aromatic N) is 2. The van der Waals surface area contributed by atoms with E-state index in [0.717, 1.165) is 55.4 Å². The summed E-state index contributed by atoms with van der Waals surface area (Å²) >= 11 is 1.63. The van der Waals surface area contributed by atoms with Crippen molar-refractivity contribution in [3.63, 3.8) is 0 Å². The van der Waals surface area contributed by atoms with Gasteiger partial charge in [0.25, 0.3) is 11.5 Å². The number of carbonyl (C=O) groups excluding carboxylic acids is 1. The Kier molecular flexibility index (Phi) is 4.83. The van der Waals surface area contributed by atoms with Crippen molar-refractivity contribution >= 4 is 27.5 Å². The number of hydrogen-bond acceptors (Lipinski definition) is 5. The number of thiophene rings is 1. The number of nitrogens with one attached hydrogen (secondary N) is 1. The first-order valence-electron chi connectivity index (χ1n) is 10.3. The van der Waals surface area contributed by atoms with Crippen LogP contribution in [0.3, 0.4) is 0 Å². The van der Waals surface area contributed by atoms with Gasteiger partial charge in [-0.2, -0.15) is 0 Å². The van der Waals surface area contributed by atoms with Gasteiger partial charge in [0.15, 0.2) is 6.61 Å². The zero-order chi connectivity index (χ0) is 19.8. The number of benzene rings is 1. The third kappa shape index (κ3) is 3.44. The first-order valence-corrected chi connectivity index (χ1v) is 11.1. The Morgan fingerprint density at radius 3 is 2.79 bits per heavy atom. The highest BCUT2D eigenvalue weighted by Gasteiger charge is 2.22. The van der Waals surface area contributed by atoms with Crippen molar-refractivity contribution in [2.75, 3.05) is 19.7 Å². The van der Waals surface area contributed by atoms with E-state index in [-0.39, 0.29) is 18.1 Å². The molecule has 1 saturated heterocycles. The van der Waals surface area contributed by atoms with E-state index in [1.54, 1.807) is 11.3 Å². The van der Waals surface area contributed by atoms with Gasteiger partial charge in [-0.3, -0.25) is 9.59 Å². The van der Waals surface area contributed by atoms with Crippen molar-refractivity contribution in [2.45, 2.75) is 38.5 Å². The van der Waals surface area contributed by atoms with E-state index in [1.165, 1.54) is 16.9 Å². The van der Waals surface area contributed by atoms with Crippen LogP contribution in [0.4, 0.5) is 0 Å². The molecule has 7 heteroatoms. The lowest BCUT2D eigenvalue weighted by Crippen LogP contribution is -2.32. The smallest absolute Gasteiger partial charge is 0.260 e. The Bertz CT molecular complexity index is 1130. The van der Waals surface area contributed by atoms with Gasteiger partial charge in [-0.05, 0) is 56.2 Å². The number of likely N-dealkylation sites (tertiary alicyclic amines) is 1. The summed E-state index contributed by atoms with van der Waals surface area (Å²) in [6, 6.07) is 7.43. The molecule has 2 aliphatic rings. The predicted octanol–water partition coefficient (Wildman–Crippen LogP) is 3.53. The lowest BCUT2D eigenvalue weighted by molar-refractivity contribution is -0.132. The fourth-order valence-electron chi connectivity index (χ4n) is 4.28. The first-order chi connectivity index (χ1) is 14.2. The molecule has 6 nitrogen and oxygen atoms in total. The summed E-state index contributed by atoms with van der Waals surface area (Å²) in [6.45, 7) is 1.60. The number of amides is 1. The van der Waals surface area contributed by atoms with Crippen LogP contribution < -0.4 is 10.3 Å². The molecule has 1 aliphatic heterocycles.